The maximum Gasteiger partial charge on any atom is 0.331 e. The molecule has 8 heteroatoms. The van der Waals surface area contributed by atoms with Crippen molar-refractivity contribution in [2.45, 2.75) is 57.3 Å². The summed E-state index contributed by atoms with van der Waals surface area (Å²) in [5, 5.41) is 0. The van der Waals surface area contributed by atoms with Gasteiger partial charge in [0.25, 0.3) is 0 Å². The second kappa shape index (κ2) is 15.1. The van der Waals surface area contributed by atoms with E-state index in [0.29, 0.717) is 30.4 Å². The third-order valence-electron chi connectivity index (χ3n) is 7.20. The number of allylic oxidation sites excluding steroid dienone is 2. The molecule has 1 heterocycles. The van der Waals surface area contributed by atoms with E-state index in [4.69, 9.17) is 14.2 Å². The SMILES string of the molecule is C[C@H]1CCC/C=C/[C@@H]2C[C@H](OC(=O)/C=C/c3cccc(F)c3)C[C@H]2[C@H](OC(=O)/C=C/c2cccc(F)c2)/C=C/C(=O)O1. The van der Waals surface area contributed by atoms with E-state index in [2.05, 4.69) is 12.2 Å². The zero-order chi connectivity index (χ0) is 29.9. The molecule has 5 atom stereocenters. The number of halogens is 2. The van der Waals surface area contributed by atoms with Crippen molar-refractivity contribution < 1.29 is 37.4 Å². The van der Waals surface area contributed by atoms with Crippen LogP contribution < -0.4 is 0 Å². The first-order valence-electron chi connectivity index (χ1n) is 14.1. The summed E-state index contributed by atoms with van der Waals surface area (Å²) in [4.78, 5) is 37.9. The molecule has 220 valence electrons. The van der Waals surface area contributed by atoms with Crippen LogP contribution in [0.3, 0.4) is 0 Å². The highest BCUT2D eigenvalue weighted by atomic mass is 19.1. The minimum atomic E-state index is -0.820. The Morgan fingerprint density at radius 1 is 0.905 bits per heavy atom. The highest BCUT2D eigenvalue weighted by Gasteiger charge is 2.40. The summed E-state index contributed by atoms with van der Waals surface area (Å²) >= 11 is 0. The molecule has 6 nitrogen and oxygen atoms in total. The molecule has 0 unspecified atom stereocenters. The van der Waals surface area contributed by atoms with Gasteiger partial charge in [0.05, 0.1) is 6.10 Å². The molecule has 2 aromatic carbocycles. The van der Waals surface area contributed by atoms with Crippen molar-refractivity contribution in [1.29, 1.82) is 0 Å². The van der Waals surface area contributed by atoms with Crippen LogP contribution in [0.25, 0.3) is 12.2 Å². The summed E-state index contributed by atoms with van der Waals surface area (Å²) in [5.74, 6) is -2.99. The number of fused-ring (bicyclic) bond motifs is 1. The number of carbonyl (C=O) groups is 3. The summed E-state index contributed by atoms with van der Waals surface area (Å²) in [7, 11) is 0. The first-order valence-corrected chi connectivity index (χ1v) is 14.1. The Labute approximate surface area is 244 Å². The van der Waals surface area contributed by atoms with Gasteiger partial charge >= 0.3 is 17.9 Å². The zero-order valence-corrected chi connectivity index (χ0v) is 23.4. The lowest BCUT2D eigenvalue weighted by Gasteiger charge is -2.24. The maximum atomic E-state index is 13.5. The lowest BCUT2D eigenvalue weighted by Crippen LogP contribution is -2.27. The topological polar surface area (TPSA) is 78.9 Å². The Morgan fingerprint density at radius 3 is 2.19 bits per heavy atom. The molecular weight excluding hydrogens is 542 g/mol. The van der Waals surface area contributed by atoms with Crippen molar-refractivity contribution in [3.05, 3.63) is 108 Å². The van der Waals surface area contributed by atoms with Gasteiger partial charge in [-0.2, -0.15) is 0 Å². The summed E-state index contributed by atoms with van der Waals surface area (Å²) in [6.07, 6.45) is 14.0. The highest BCUT2D eigenvalue weighted by molar-refractivity contribution is 5.88. The van der Waals surface area contributed by atoms with Gasteiger partial charge in [-0.05, 0) is 98.6 Å². The van der Waals surface area contributed by atoms with E-state index in [1.54, 1.807) is 18.2 Å². The molecule has 0 amide bonds. The van der Waals surface area contributed by atoms with Crippen molar-refractivity contribution in [2.24, 2.45) is 11.8 Å². The molecule has 0 aromatic heterocycles. The third kappa shape index (κ3) is 9.65. The minimum absolute atomic E-state index is 0.0983. The molecule has 1 aliphatic carbocycles. The van der Waals surface area contributed by atoms with Crippen molar-refractivity contribution in [2.75, 3.05) is 0 Å². The average molecular weight is 577 g/mol. The van der Waals surface area contributed by atoms with E-state index in [1.807, 2.05) is 6.92 Å². The lowest BCUT2D eigenvalue weighted by molar-refractivity contribution is -0.146. The predicted octanol–water partition coefficient (Wildman–Crippen LogP) is 6.77. The molecule has 0 saturated heterocycles. The molecule has 0 N–H and O–H groups in total. The smallest absolute Gasteiger partial charge is 0.331 e. The van der Waals surface area contributed by atoms with Crippen LogP contribution in [0.2, 0.25) is 0 Å². The van der Waals surface area contributed by atoms with E-state index in [0.717, 1.165) is 12.8 Å². The van der Waals surface area contributed by atoms with Gasteiger partial charge in [0, 0.05) is 24.1 Å². The lowest BCUT2D eigenvalue weighted by atomic mass is 9.89. The van der Waals surface area contributed by atoms with E-state index in [1.165, 1.54) is 66.8 Å². The fourth-order valence-electron chi connectivity index (χ4n) is 5.21. The van der Waals surface area contributed by atoms with Gasteiger partial charge in [-0.25, -0.2) is 23.2 Å². The van der Waals surface area contributed by atoms with Crippen LogP contribution in [0.1, 0.15) is 50.2 Å². The molecule has 42 heavy (non-hydrogen) atoms. The van der Waals surface area contributed by atoms with Crippen LogP contribution >= 0.6 is 0 Å². The van der Waals surface area contributed by atoms with E-state index >= 15 is 0 Å². The second-order valence-corrected chi connectivity index (χ2v) is 10.5. The zero-order valence-electron chi connectivity index (χ0n) is 23.4. The number of cyclic esters (lactones) is 1. The molecule has 0 spiro atoms. The molecule has 0 radical (unpaired) electrons. The van der Waals surface area contributed by atoms with Gasteiger partial charge in [0.1, 0.15) is 23.8 Å². The van der Waals surface area contributed by atoms with Crippen LogP contribution in [0.4, 0.5) is 8.78 Å². The van der Waals surface area contributed by atoms with Crippen LogP contribution in [0.15, 0.2) is 85.0 Å². The summed E-state index contributed by atoms with van der Waals surface area (Å²) in [6, 6.07) is 11.6. The Hall–Kier alpha value is -4.33. The van der Waals surface area contributed by atoms with Crippen molar-refractivity contribution >= 4 is 30.1 Å². The maximum absolute atomic E-state index is 13.5. The first kappa shape index (κ1) is 30.6. The molecule has 1 fully saturated rings. The number of benzene rings is 2. The average Bonchev–Trinajstić information content (AvgIpc) is 3.34. The highest BCUT2D eigenvalue weighted by Crippen LogP contribution is 2.39. The fraction of sp³-hybridized carbons (Fsp3) is 0.324. The van der Waals surface area contributed by atoms with Crippen LogP contribution in [0, 0.1) is 23.5 Å². The normalized spacial score (nSPS) is 26.4. The number of esters is 3. The molecule has 2 aromatic rings. The van der Waals surface area contributed by atoms with Gasteiger partial charge in [0.2, 0.25) is 0 Å². The number of carbonyl (C=O) groups excluding carboxylic acids is 3. The van der Waals surface area contributed by atoms with Crippen molar-refractivity contribution in [1.82, 2.24) is 0 Å². The molecular formula is C34H34F2O6. The molecule has 0 bridgehead atoms. The van der Waals surface area contributed by atoms with Crippen LogP contribution in [0.5, 0.6) is 0 Å². The van der Waals surface area contributed by atoms with Crippen molar-refractivity contribution in [3.8, 4) is 0 Å². The van der Waals surface area contributed by atoms with Crippen LogP contribution in [-0.2, 0) is 28.6 Å². The summed E-state index contributed by atoms with van der Waals surface area (Å²) in [5.41, 5.74) is 1.03. The van der Waals surface area contributed by atoms with Gasteiger partial charge < -0.3 is 14.2 Å². The fourth-order valence-corrected chi connectivity index (χ4v) is 5.21. The second-order valence-electron chi connectivity index (χ2n) is 10.5. The summed E-state index contributed by atoms with van der Waals surface area (Å²) < 4.78 is 44.0. The summed E-state index contributed by atoms with van der Waals surface area (Å²) in [6.45, 7) is 1.83. The Morgan fingerprint density at radius 2 is 1.55 bits per heavy atom. The molecule has 4 rings (SSSR count). The van der Waals surface area contributed by atoms with Gasteiger partial charge in [-0.1, -0.05) is 36.4 Å². The van der Waals surface area contributed by atoms with E-state index in [9.17, 15) is 23.2 Å². The van der Waals surface area contributed by atoms with Crippen molar-refractivity contribution in [3.63, 3.8) is 0 Å². The molecule has 2 aliphatic rings. The van der Waals surface area contributed by atoms with E-state index < -0.39 is 41.8 Å². The monoisotopic (exact) mass is 576 g/mol. The van der Waals surface area contributed by atoms with Gasteiger partial charge in [-0.3, -0.25) is 0 Å². The van der Waals surface area contributed by atoms with Gasteiger partial charge in [0.15, 0.2) is 0 Å². The quantitative estimate of drug-likeness (QED) is 0.164. The predicted molar refractivity (Wildman–Crippen MR) is 155 cm³/mol. The van der Waals surface area contributed by atoms with E-state index in [-0.39, 0.29) is 17.9 Å². The Bertz CT molecular complexity index is 1380. The number of hydrogen-bond acceptors (Lipinski definition) is 6. The van der Waals surface area contributed by atoms with Gasteiger partial charge in [-0.15, -0.1) is 0 Å². The Balaban J connectivity index is 1.51. The third-order valence-corrected chi connectivity index (χ3v) is 7.20. The largest absolute Gasteiger partial charge is 0.460 e. The first-order chi connectivity index (χ1) is 20.2. The Kier molecular flexibility index (Phi) is 11.0. The molecule has 1 aliphatic heterocycles. The number of rotatable bonds is 6. The standard InChI is InChI=1S/C34H34F2O6/c1-23-7-3-2-4-10-26-21-29(41-33(38)16-13-24-8-5-11-27(35)19-24)22-30(26)31(15-18-32(37)40-23)42-34(39)17-14-25-9-6-12-28(36)20-25/h4-6,8-20,23,26,29-31H,2-3,7,21-22H2,1H3/b10-4+,16-13+,17-14+,18-15+/t23-,26+,29-,30+,31+/m0/s1. The van der Waals surface area contributed by atoms with Crippen LogP contribution in [-0.4, -0.2) is 36.2 Å². The minimum Gasteiger partial charge on any atom is -0.460 e. The number of hydrogen-bond donors (Lipinski definition) is 0. The molecule has 1 saturated carbocycles. The number of ether oxygens (including phenoxy) is 3.